The molecule has 0 saturated heterocycles. The predicted molar refractivity (Wildman–Crippen MR) is 136 cm³/mol. The van der Waals surface area contributed by atoms with Crippen molar-refractivity contribution >= 4 is 17.5 Å². The first-order valence-electron chi connectivity index (χ1n) is 13.1. The molecular weight excluding hydrogens is 442 g/mol. The number of hydrogen-bond donors (Lipinski definition) is 0. The third-order valence-electron chi connectivity index (χ3n) is 8.00. The van der Waals surface area contributed by atoms with Gasteiger partial charge in [0.1, 0.15) is 18.1 Å². The average Bonchev–Trinajstić information content (AvgIpc) is 2.83. The van der Waals surface area contributed by atoms with Gasteiger partial charge in [0.25, 0.3) is 0 Å². The van der Waals surface area contributed by atoms with Gasteiger partial charge >= 0.3 is 5.97 Å². The lowest BCUT2D eigenvalue weighted by atomic mass is 9.62. The van der Waals surface area contributed by atoms with Crippen molar-refractivity contribution in [3.8, 4) is 5.75 Å². The summed E-state index contributed by atoms with van der Waals surface area (Å²) < 4.78 is 16.3. The van der Waals surface area contributed by atoms with Gasteiger partial charge in [0.05, 0.1) is 25.6 Å². The zero-order valence-electron chi connectivity index (χ0n) is 21.3. The van der Waals surface area contributed by atoms with E-state index in [9.17, 15) is 9.59 Å². The molecule has 0 spiro atoms. The molecule has 0 bridgehead atoms. The maximum absolute atomic E-state index is 13.8. The topological polar surface area (TPSA) is 74.2 Å². The van der Waals surface area contributed by atoms with Crippen LogP contribution in [-0.4, -0.2) is 44.9 Å². The molecule has 190 valence electrons. The van der Waals surface area contributed by atoms with Gasteiger partial charge in [-0.3, -0.25) is 14.6 Å². The van der Waals surface area contributed by atoms with Crippen molar-refractivity contribution in [2.75, 3.05) is 27.4 Å². The highest BCUT2D eigenvalue weighted by Gasteiger charge is 2.50. The summed E-state index contributed by atoms with van der Waals surface area (Å²) in [6.07, 6.45) is 10.6. The lowest BCUT2D eigenvalue weighted by Gasteiger charge is -2.43. The van der Waals surface area contributed by atoms with E-state index >= 15 is 0 Å². The zero-order valence-corrected chi connectivity index (χ0v) is 21.3. The Morgan fingerprint density at radius 1 is 1.03 bits per heavy atom. The molecule has 1 aliphatic heterocycles. The van der Waals surface area contributed by atoms with Gasteiger partial charge in [0.15, 0.2) is 0 Å². The number of esters is 1. The number of Topliss-reactive ketones (excluding diaryl/α,β-unsaturated/α-hetero) is 1. The number of hydrogen-bond acceptors (Lipinski definition) is 6. The van der Waals surface area contributed by atoms with Crippen LogP contribution in [0.4, 0.5) is 0 Å². The van der Waals surface area contributed by atoms with Crippen LogP contribution in [0, 0.1) is 23.7 Å². The third-order valence-corrected chi connectivity index (χ3v) is 8.00. The minimum absolute atomic E-state index is 0.0790. The van der Waals surface area contributed by atoms with Crippen LogP contribution in [0.1, 0.15) is 69.8 Å². The van der Waals surface area contributed by atoms with Gasteiger partial charge in [0, 0.05) is 36.4 Å². The highest BCUT2D eigenvalue weighted by atomic mass is 16.6. The molecule has 3 aliphatic rings. The van der Waals surface area contributed by atoms with Gasteiger partial charge in [-0.25, -0.2) is 0 Å². The summed E-state index contributed by atoms with van der Waals surface area (Å²) in [5.74, 6) is -0.0125. The van der Waals surface area contributed by atoms with Crippen LogP contribution in [-0.2, 0) is 19.1 Å². The number of para-hydroxylation sites is 1. The van der Waals surface area contributed by atoms with Gasteiger partial charge in [-0.05, 0) is 24.8 Å². The van der Waals surface area contributed by atoms with E-state index in [1.807, 2.05) is 31.2 Å². The smallest absolute Gasteiger partial charge is 0.315 e. The molecule has 1 fully saturated rings. The summed E-state index contributed by atoms with van der Waals surface area (Å²) in [6.45, 7) is 2.50. The van der Waals surface area contributed by atoms with Crippen LogP contribution < -0.4 is 4.74 Å². The Hall–Kier alpha value is -2.47. The van der Waals surface area contributed by atoms with Crippen LogP contribution in [0.5, 0.6) is 5.75 Å². The van der Waals surface area contributed by atoms with Gasteiger partial charge in [-0.2, -0.15) is 0 Å². The molecule has 1 aromatic carbocycles. The van der Waals surface area contributed by atoms with Crippen LogP contribution in [0.25, 0.3) is 0 Å². The molecule has 4 unspecified atom stereocenters. The first-order chi connectivity index (χ1) is 17.0. The quantitative estimate of drug-likeness (QED) is 0.379. The number of ketones is 1. The summed E-state index contributed by atoms with van der Waals surface area (Å²) in [6, 6.07) is 7.88. The number of rotatable bonds is 7. The van der Waals surface area contributed by atoms with Crippen molar-refractivity contribution in [1.29, 1.82) is 0 Å². The summed E-state index contributed by atoms with van der Waals surface area (Å²) in [4.78, 5) is 32.1. The Morgan fingerprint density at radius 2 is 1.74 bits per heavy atom. The zero-order chi connectivity index (χ0) is 24.8. The highest BCUT2D eigenvalue weighted by Crippen LogP contribution is 2.49. The lowest BCUT2D eigenvalue weighted by Crippen LogP contribution is -2.47. The maximum atomic E-state index is 13.8. The van der Waals surface area contributed by atoms with Crippen LogP contribution >= 0.6 is 0 Å². The molecule has 1 aromatic rings. The van der Waals surface area contributed by atoms with E-state index in [-0.39, 0.29) is 36.1 Å². The van der Waals surface area contributed by atoms with Crippen LogP contribution in [0.3, 0.4) is 0 Å². The Kier molecular flexibility index (Phi) is 8.77. The molecule has 1 heterocycles. The largest absolute Gasteiger partial charge is 0.496 e. The second kappa shape index (κ2) is 12.0. The standard InChI is InChI=1S/C29H39NO5/c1-19-26(29(32)35-16-15-33-2)27(20-11-7-5-4-6-8-12-20)28-23(30-19)17-21(18-24(28)31)22-13-9-10-14-25(22)34-3/h9-10,13-14,17,20-21,26-28H,4-8,11-12,15-16,18H2,1-3H3. The average molecular weight is 482 g/mol. The second-order valence-electron chi connectivity index (χ2n) is 10.2. The van der Waals surface area contributed by atoms with Crippen LogP contribution in [0.15, 0.2) is 41.0 Å². The van der Waals surface area contributed by atoms with E-state index in [1.165, 1.54) is 19.3 Å². The van der Waals surface area contributed by atoms with Crippen molar-refractivity contribution < 1.29 is 23.8 Å². The van der Waals surface area contributed by atoms with E-state index in [2.05, 4.69) is 6.08 Å². The molecule has 6 nitrogen and oxygen atoms in total. The fourth-order valence-corrected chi connectivity index (χ4v) is 6.37. The molecule has 0 amide bonds. The van der Waals surface area contributed by atoms with Gasteiger partial charge in [-0.1, -0.05) is 69.2 Å². The van der Waals surface area contributed by atoms with E-state index in [1.54, 1.807) is 14.2 Å². The van der Waals surface area contributed by atoms with Crippen molar-refractivity contribution in [3.63, 3.8) is 0 Å². The third kappa shape index (κ3) is 5.69. The number of benzene rings is 1. The lowest BCUT2D eigenvalue weighted by molar-refractivity contribution is -0.151. The number of aliphatic imine (C=N–C) groups is 1. The Balaban J connectivity index is 1.72. The first-order valence-corrected chi connectivity index (χ1v) is 13.1. The molecule has 4 rings (SSSR count). The van der Waals surface area contributed by atoms with E-state index in [4.69, 9.17) is 19.2 Å². The van der Waals surface area contributed by atoms with Crippen molar-refractivity contribution in [3.05, 3.63) is 41.6 Å². The number of carbonyl (C=O) groups is 2. The van der Waals surface area contributed by atoms with Crippen molar-refractivity contribution in [1.82, 2.24) is 0 Å². The van der Waals surface area contributed by atoms with Gasteiger partial charge in [-0.15, -0.1) is 0 Å². The first kappa shape index (κ1) is 25.6. The molecule has 0 aromatic heterocycles. The van der Waals surface area contributed by atoms with E-state index in [0.29, 0.717) is 18.9 Å². The normalized spacial score (nSPS) is 27.7. The SMILES string of the molecule is COCCOC(=O)C1C(C)=NC2=CC(c3ccccc3OC)CC(=O)C2C1C1CCCCCCC1. The molecule has 6 heteroatoms. The molecule has 35 heavy (non-hydrogen) atoms. The highest BCUT2D eigenvalue weighted by molar-refractivity contribution is 6.04. The molecule has 0 N–H and O–H groups in total. The summed E-state index contributed by atoms with van der Waals surface area (Å²) in [7, 11) is 3.25. The minimum Gasteiger partial charge on any atom is -0.496 e. The molecule has 1 saturated carbocycles. The monoisotopic (exact) mass is 481 g/mol. The fraction of sp³-hybridized carbons (Fsp3) is 0.621. The summed E-state index contributed by atoms with van der Waals surface area (Å²) in [5.41, 5.74) is 2.59. The summed E-state index contributed by atoms with van der Waals surface area (Å²) in [5, 5.41) is 0. The molecular formula is C29H39NO5. The van der Waals surface area contributed by atoms with E-state index in [0.717, 1.165) is 48.4 Å². The number of allylic oxidation sites excluding steroid dienone is 2. The number of fused-ring (bicyclic) bond motifs is 1. The number of methoxy groups -OCH3 is 2. The Bertz CT molecular complexity index is 960. The maximum Gasteiger partial charge on any atom is 0.315 e. The Morgan fingerprint density at radius 3 is 2.46 bits per heavy atom. The fourth-order valence-electron chi connectivity index (χ4n) is 6.37. The molecule has 4 atom stereocenters. The van der Waals surface area contributed by atoms with Gasteiger partial charge in [0.2, 0.25) is 0 Å². The number of nitrogens with zero attached hydrogens (tertiary/aromatic N) is 1. The Labute approximate surface area is 209 Å². The van der Waals surface area contributed by atoms with Crippen LogP contribution in [0.2, 0.25) is 0 Å². The predicted octanol–water partition coefficient (Wildman–Crippen LogP) is 5.51. The molecule has 2 aliphatic carbocycles. The van der Waals surface area contributed by atoms with Crippen molar-refractivity contribution in [2.24, 2.45) is 28.7 Å². The second-order valence-corrected chi connectivity index (χ2v) is 10.2. The van der Waals surface area contributed by atoms with E-state index < -0.39 is 5.92 Å². The number of ether oxygens (including phenoxy) is 3. The van der Waals surface area contributed by atoms with Crippen molar-refractivity contribution in [2.45, 2.75) is 64.2 Å². The minimum atomic E-state index is -0.481. The summed E-state index contributed by atoms with van der Waals surface area (Å²) >= 11 is 0. The van der Waals surface area contributed by atoms with Gasteiger partial charge < -0.3 is 14.2 Å². The molecule has 0 radical (unpaired) electrons. The number of carbonyl (C=O) groups excluding carboxylic acids is 2.